The molecule has 2 heterocycles. The van der Waals surface area contributed by atoms with Gasteiger partial charge in [-0.3, -0.25) is 14.4 Å². The molecule has 0 atom stereocenters. The number of aromatic amines is 1. The van der Waals surface area contributed by atoms with Gasteiger partial charge in [-0.05, 0) is 60.2 Å². The molecule has 4 rings (SSSR count). The normalized spacial score (nSPS) is 14.2. The Labute approximate surface area is 192 Å². The number of carbonyl (C=O) groups excluding carboxylic acids is 2. The molecule has 0 radical (unpaired) electrons. The Balaban J connectivity index is 1.46. The van der Waals surface area contributed by atoms with Gasteiger partial charge in [0.1, 0.15) is 0 Å². The highest BCUT2D eigenvalue weighted by molar-refractivity contribution is 5.94. The van der Waals surface area contributed by atoms with Gasteiger partial charge in [0, 0.05) is 55.2 Å². The van der Waals surface area contributed by atoms with Crippen LogP contribution in [-0.4, -0.2) is 41.8 Å². The number of nitrogens with one attached hydrogen (secondary N) is 2. The van der Waals surface area contributed by atoms with Crippen LogP contribution >= 0.6 is 0 Å². The average molecular weight is 448 g/mol. The largest absolute Gasteiger partial charge is 0.399 e. The van der Waals surface area contributed by atoms with Crippen molar-refractivity contribution in [2.45, 2.75) is 32.2 Å². The Kier molecular flexibility index (Phi) is 6.63. The van der Waals surface area contributed by atoms with E-state index in [9.17, 15) is 14.4 Å². The number of pyridine rings is 1. The molecule has 33 heavy (non-hydrogen) atoms. The van der Waals surface area contributed by atoms with Crippen molar-refractivity contribution in [1.82, 2.24) is 9.88 Å². The van der Waals surface area contributed by atoms with Crippen LogP contribution in [0.1, 0.15) is 31.2 Å². The van der Waals surface area contributed by atoms with Gasteiger partial charge in [0.15, 0.2) is 0 Å². The topological polar surface area (TPSA) is 112 Å². The van der Waals surface area contributed by atoms with E-state index in [-0.39, 0.29) is 23.9 Å². The average Bonchev–Trinajstić information content (AvgIpc) is 3.02. The molecule has 8 nitrogen and oxygen atoms in total. The Morgan fingerprint density at radius 2 is 1.97 bits per heavy atom. The number of likely N-dealkylation sites (N-methyl/N-ethyl adjacent to an activating group) is 1. The number of H-pyrrole nitrogens is 1. The van der Waals surface area contributed by atoms with Crippen molar-refractivity contribution in [3.8, 4) is 0 Å². The molecule has 1 aliphatic heterocycles. The van der Waals surface area contributed by atoms with Gasteiger partial charge >= 0.3 is 0 Å². The number of benzene rings is 2. The fraction of sp³-hybridized carbons (Fsp3) is 0.320. The Hall–Kier alpha value is -3.81. The van der Waals surface area contributed by atoms with Crippen molar-refractivity contribution in [1.29, 1.82) is 0 Å². The number of carbonyl (C=O) groups is 2. The highest BCUT2D eigenvalue weighted by Crippen LogP contribution is 2.27. The van der Waals surface area contributed by atoms with Crippen LogP contribution in [0.2, 0.25) is 0 Å². The number of nitrogens with zero attached hydrogens (tertiary/aromatic N) is 2. The van der Waals surface area contributed by atoms with E-state index in [1.54, 1.807) is 30.3 Å². The fourth-order valence-electron chi connectivity index (χ4n) is 4.18. The molecule has 0 spiro atoms. The van der Waals surface area contributed by atoms with Crippen molar-refractivity contribution in [3.63, 3.8) is 0 Å². The molecule has 8 heteroatoms. The summed E-state index contributed by atoms with van der Waals surface area (Å²) in [6.07, 6.45) is 5.06. The maximum absolute atomic E-state index is 12.8. The van der Waals surface area contributed by atoms with E-state index in [1.807, 2.05) is 35.2 Å². The van der Waals surface area contributed by atoms with Crippen molar-refractivity contribution in [2.75, 3.05) is 36.1 Å². The van der Waals surface area contributed by atoms with Crippen LogP contribution in [0.3, 0.4) is 0 Å². The van der Waals surface area contributed by atoms with Crippen LogP contribution in [-0.2, 0) is 16.1 Å². The second-order valence-corrected chi connectivity index (χ2v) is 8.46. The molecule has 1 fully saturated rings. The molecule has 1 aromatic heterocycles. The number of anilines is 3. The molecule has 172 valence electrons. The summed E-state index contributed by atoms with van der Waals surface area (Å²) >= 11 is 0. The lowest BCUT2D eigenvalue weighted by atomic mass is 10.1. The minimum absolute atomic E-state index is 0.0764. The van der Waals surface area contributed by atoms with Gasteiger partial charge in [-0.15, -0.1) is 0 Å². The van der Waals surface area contributed by atoms with E-state index < -0.39 is 0 Å². The standard InChI is InChI=1S/C25H29N5O3/c1-29(24(32)15-28-20-8-6-17-10-11-27-25(33)21(17)14-20)16-18-13-19(26)7-9-22(18)30-12-4-2-3-5-23(30)31/h6-11,13-14,28H,2-5,12,15-16,26H2,1H3,(H,27,33). The maximum Gasteiger partial charge on any atom is 0.255 e. The summed E-state index contributed by atoms with van der Waals surface area (Å²) in [5.74, 6) is -0.00639. The molecule has 0 saturated carbocycles. The third kappa shape index (κ3) is 5.16. The monoisotopic (exact) mass is 447 g/mol. The lowest BCUT2D eigenvalue weighted by Crippen LogP contribution is -2.34. The van der Waals surface area contributed by atoms with Gasteiger partial charge in [-0.1, -0.05) is 12.5 Å². The van der Waals surface area contributed by atoms with Crippen molar-refractivity contribution in [2.24, 2.45) is 0 Å². The molecule has 2 aromatic carbocycles. The third-order valence-electron chi connectivity index (χ3n) is 6.02. The first-order valence-corrected chi connectivity index (χ1v) is 11.2. The number of hydrogen-bond donors (Lipinski definition) is 3. The Morgan fingerprint density at radius 1 is 1.12 bits per heavy atom. The van der Waals surface area contributed by atoms with E-state index in [0.29, 0.717) is 36.3 Å². The van der Waals surface area contributed by atoms with Crippen LogP contribution in [0, 0.1) is 0 Å². The molecule has 1 saturated heterocycles. The zero-order chi connectivity index (χ0) is 23.4. The number of aromatic nitrogens is 1. The highest BCUT2D eigenvalue weighted by Gasteiger charge is 2.22. The number of nitrogen functional groups attached to an aromatic ring is 1. The summed E-state index contributed by atoms with van der Waals surface area (Å²) in [5.41, 5.74) is 8.80. The van der Waals surface area contributed by atoms with E-state index in [4.69, 9.17) is 5.73 Å². The van der Waals surface area contributed by atoms with Crippen LogP contribution in [0.4, 0.5) is 17.1 Å². The fourth-order valence-corrected chi connectivity index (χ4v) is 4.18. The van der Waals surface area contributed by atoms with E-state index in [0.717, 1.165) is 35.9 Å². The number of rotatable bonds is 6. The first-order chi connectivity index (χ1) is 15.9. The number of amides is 2. The predicted molar refractivity (Wildman–Crippen MR) is 131 cm³/mol. The molecule has 0 aliphatic carbocycles. The zero-order valence-electron chi connectivity index (χ0n) is 18.8. The summed E-state index contributed by atoms with van der Waals surface area (Å²) in [5, 5.41) is 4.50. The summed E-state index contributed by atoms with van der Waals surface area (Å²) in [6, 6.07) is 12.8. The van der Waals surface area contributed by atoms with Crippen LogP contribution < -0.4 is 21.5 Å². The lowest BCUT2D eigenvalue weighted by Gasteiger charge is -2.26. The van der Waals surface area contributed by atoms with Gasteiger partial charge in [0.05, 0.1) is 6.54 Å². The molecule has 0 bridgehead atoms. The predicted octanol–water partition coefficient (Wildman–Crippen LogP) is 3.09. The van der Waals surface area contributed by atoms with Gasteiger partial charge in [0.25, 0.3) is 5.56 Å². The van der Waals surface area contributed by atoms with Gasteiger partial charge in [0.2, 0.25) is 11.8 Å². The molecule has 3 aromatic rings. The van der Waals surface area contributed by atoms with Gasteiger partial charge in [-0.25, -0.2) is 0 Å². The van der Waals surface area contributed by atoms with Crippen LogP contribution in [0.15, 0.2) is 53.5 Å². The molecular weight excluding hydrogens is 418 g/mol. The highest BCUT2D eigenvalue weighted by atomic mass is 16.2. The summed E-state index contributed by atoms with van der Waals surface area (Å²) in [7, 11) is 1.73. The Morgan fingerprint density at radius 3 is 2.82 bits per heavy atom. The first kappa shape index (κ1) is 22.4. The second-order valence-electron chi connectivity index (χ2n) is 8.46. The number of nitrogens with two attached hydrogens (primary N) is 1. The van der Waals surface area contributed by atoms with Gasteiger partial charge < -0.3 is 25.8 Å². The minimum atomic E-state index is -0.170. The molecule has 4 N–H and O–H groups in total. The minimum Gasteiger partial charge on any atom is -0.399 e. The lowest BCUT2D eigenvalue weighted by molar-refractivity contribution is -0.128. The quantitative estimate of drug-likeness (QED) is 0.503. The summed E-state index contributed by atoms with van der Waals surface area (Å²) < 4.78 is 0. The SMILES string of the molecule is CN(Cc1cc(N)ccc1N1CCCCCC1=O)C(=O)CNc1ccc2cc[nH]c(=O)c2c1. The first-order valence-electron chi connectivity index (χ1n) is 11.2. The number of hydrogen-bond acceptors (Lipinski definition) is 5. The molecule has 0 unspecified atom stereocenters. The summed E-state index contributed by atoms with van der Waals surface area (Å²) in [4.78, 5) is 43.6. The smallest absolute Gasteiger partial charge is 0.255 e. The van der Waals surface area contributed by atoms with Crippen LogP contribution in [0.25, 0.3) is 10.8 Å². The van der Waals surface area contributed by atoms with Gasteiger partial charge in [-0.2, -0.15) is 0 Å². The molecular formula is C25H29N5O3. The maximum atomic E-state index is 12.8. The molecule has 2 amide bonds. The van der Waals surface area contributed by atoms with Crippen molar-refractivity contribution >= 4 is 39.6 Å². The zero-order valence-corrected chi connectivity index (χ0v) is 18.8. The van der Waals surface area contributed by atoms with E-state index >= 15 is 0 Å². The van der Waals surface area contributed by atoms with Crippen LogP contribution in [0.5, 0.6) is 0 Å². The third-order valence-corrected chi connectivity index (χ3v) is 6.02. The number of fused-ring (bicyclic) bond motifs is 1. The van der Waals surface area contributed by atoms with Crippen molar-refractivity contribution in [3.05, 3.63) is 64.6 Å². The second kappa shape index (κ2) is 9.77. The Bertz CT molecular complexity index is 1240. The van der Waals surface area contributed by atoms with E-state index in [1.165, 1.54) is 0 Å². The summed E-state index contributed by atoms with van der Waals surface area (Å²) in [6.45, 7) is 1.09. The van der Waals surface area contributed by atoms with E-state index in [2.05, 4.69) is 10.3 Å². The van der Waals surface area contributed by atoms with Crippen molar-refractivity contribution < 1.29 is 9.59 Å². The molecule has 1 aliphatic rings.